The standard InChI is InChI=1S/C15H26N2O3S/c1-3-20-14-12-13(15(14)8-4-5-9-15)17(2)21(18,19)11-7-6-10-16/h13-14H,3-9,11-12H2,1-2H3/t13-,14-/m1/s1. The van der Waals surface area contributed by atoms with Crippen LogP contribution >= 0.6 is 0 Å². The van der Waals surface area contributed by atoms with Gasteiger partial charge in [-0.2, -0.15) is 5.26 Å². The van der Waals surface area contributed by atoms with E-state index in [-0.39, 0.29) is 23.3 Å². The van der Waals surface area contributed by atoms with E-state index in [9.17, 15) is 8.42 Å². The summed E-state index contributed by atoms with van der Waals surface area (Å²) in [4.78, 5) is 0. The van der Waals surface area contributed by atoms with Crippen molar-refractivity contribution < 1.29 is 13.2 Å². The van der Waals surface area contributed by atoms with Crippen molar-refractivity contribution in [3.05, 3.63) is 0 Å². The molecule has 0 heterocycles. The van der Waals surface area contributed by atoms with Gasteiger partial charge in [0, 0.05) is 31.5 Å². The Kier molecular flexibility index (Phi) is 5.29. The minimum Gasteiger partial charge on any atom is -0.378 e. The number of nitrogens with zero attached hydrogens (tertiary/aromatic N) is 2. The molecule has 1 spiro atoms. The first-order valence-electron chi connectivity index (χ1n) is 7.92. The Bertz CT molecular complexity index is 492. The molecule has 0 N–H and O–H groups in total. The van der Waals surface area contributed by atoms with Gasteiger partial charge >= 0.3 is 0 Å². The second-order valence-electron chi connectivity index (χ2n) is 6.23. The molecule has 120 valence electrons. The zero-order chi connectivity index (χ0) is 15.5. The van der Waals surface area contributed by atoms with Crippen LogP contribution in [-0.4, -0.2) is 44.3 Å². The molecule has 0 amide bonds. The zero-order valence-electron chi connectivity index (χ0n) is 13.0. The Hall–Kier alpha value is -0.640. The van der Waals surface area contributed by atoms with Crippen LogP contribution in [0.1, 0.15) is 51.9 Å². The zero-order valence-corrected chi connectivity index (χ0v) is 13.9. The molecule has 0 aromatic heterocycles. The predicted octanol–water partition coefficient (Wildman–Crippen LogP) is 2.29. The molecule has 2 atom stereocenters. The molecule has 2 aliphatic carbocycles. The number of unbranched alkanes of at least 4 members (excludes halogenated alkanes) is 1. The van der Waals surface area contributed by atoms with Gasteiger partial charge in [0.05, 0.1) is 17.9 Å². The molecule has 0 aromatic carbocycles. The van der Waals surface area contributed by atoms with E-state index in [1.165, 1.54) is 12.8 Å². The predicted molar refractivity (Wildman–Crippen MR) is 81.1 cm³/mol. The molecule has 2 saturated carbocycles. The van der Waals surface area contributed by atoms with Crippen LogP contribution in [0, 0.1) is 16.7 Å². The van der Waals surface area contributed by atoms with E-state index >= 15 is 0 Å². The Morgan fingerprint density at radius 1 is 1.38 bits per heavy atom. The molecule has 2 fully saturated rings. The van der Waals surface area contributed by atoms with Gasteiger partial charge in [0.15, 0.2) is 0 Å². The van der Waals surface area contributed by atoms with Crippen molar-refractivity contribution in [2.24, 2.45) is 5.41 Å². The molecule has 6 heteroatoms. The van der Waals surface area contributed by atoms with Crippen molar-refractivity contribution in [1.29, 1.82) is 5.26 Å². The molecule has 0 aromatic rings. The van der Waals surface area contributed by atoms with Crippen molar-refractivity contribution >= 4 is 10.0 Å². The normalized spacial score (nSPS) is 27.7. The number of ether oxygens (including phenoxy) is 1. The topological polar surface area (TPSA) is 70.4 Å². The second-order valence-corrected chi connectivity index (χ2v) is 8.38. The molecule has 0 radical (unpaired) electrons. The lowest BCUT2D eigenvalue weighted by atomic mass is 9.60. The summed E-state index contributed by atoms with van der Waals surface area (Å²) in [5.41, 5.74) is 0.0348. The number of rotatable bonds is 7. The summed E-state index contributed by atoms with van der Waals surface area (Å²) >= 11 is 0. The van der Waals surface area contributed by atoms with Crippen molar-refractivity contribution in [2.45, 2.75) is 64.0 Å². The van der Waals surface area contributed by atoms with E-state index in [0.717, 1.165) is 19.3 Å². The fraction of sp³-hybridized carbons (Fsp3) is 0.933. The average molecular weight is 314 g/mol. The molecule has 0 bridgehead atoms. The van der Waals surface area contributed by atoms with Gasteiger partial charge in [-0.25, -0.2) is 12.7 Å². The van der Waals surface area contributed by atoms with E-state index in [4.69, 9.17) is 10.00 Å². The number of hydrogen-bond acceptors (Lipinski definition) is 4. The van der Waals surface area contributed by atoms with Crippen LogP contribution in [0.2, 0.25) is 0 Å². The maximum atomic E-state index is 12.4. The third kappa shape index (κ3) is 3.10. The third-order valence-corrected chi connectivity index (χ3v) is 7.15. The molecular formula is C15H26N2O3S. The molecule has 2 aliphatic rings. The van der Waals surface area contributed by atoms with Crippen LogP contribution in [-0.2, 0) is 14.8 Å². The SMILES string of the molecule is CCO[C@@H]1C[C@@H](N(C)S(=O)(=O)CCCC#N)C12CCCC2. The van der Waals surface area contributed by atoms with Crippen molar-refractivity contribution in [2.75, 3.05) is 19.4 Å². The lowest BCUT2D eigenvalue weighted by molar-refractivity contribution is -0.145. The van der Waals surface area contributed by atoms with Gasteiger partial charge in [-0.3, -0.25) is 0 Å². The van der Waals surface area contributed by atoms with E-state index in [1.807, 2.05) is 13.0 Å². The summed E-state index contributed by atoms with van der Waals surface area (Å²) in [5.74, 6) is 0.0724. The lowest BCUT2D eigenvalue weighted by Crippen LogP contribution is -2.64. The first kappa shape index (κ1) is 16.7. The number of nitriles is 1. The number of hydrogen-bond donors (Lipinski definition) is 0. The van der Waals surface area contributed by atoms with Crippen LogP contribution in [0.15, 0.2) is 0 Å². The largest absolute Gasteiger partial charge is 0.378 e. The highest BCUT2D eigenvalue weighted by molar-refractivity contribution is 7.89. The van der Waals surface area contributed by atoms with Crippen LogP contribution in [0.5, 0.6) is 0 Å². The van der Waals surface area contributed by atoms with E-state index in [0.29, 0.717) is 19.4 Å². The van der Waals surface area contributed by atoms with Crippen LogP contribution < -0.4 is 0 Å². The van der Waals surface area contributed by atoms with Crippen LogP contribution in [0.3, 0.4) is 0 Å². The molecule has 0 unspecified atom stereocenters. The summed E-state index contributed by atoms with van der Waals surface area (Å²) in [7, 11) is -1.56. The Labute approximate surface area is 128 Å². The summed E-state index contributed by atoms with van der Waals surface area (Å²) in [5, 5.41) is 8.55. The van der Waals surface area contributed by atoms with Gasteiger partial charge in [0.1, 0.15) is 0 Å². The Morgan fingerprint density at radius 3 is 2.62 bits per heavy atom. The van der Waals surface area contributed by atoms with E-state index < -0.39 is 10.0 Å². The van der Waals surface area contributed by atoms with Gasteiger partial charge in [-0.05, 0) is 32.6 Å². The third-order valence-electron chi connectivity index (χ3n) is 5.21. The maximum absolute atomic E-state index is 12.4. The van der Waals surface area contributed by atoms with Gasteiger partial charge in [-0.15, -0.1) is 0 Å². The van der Waals surface area contributed by atoms with Gasteiger partial charge < -0.3 is 4.74 Å². The first-order chi connectivity index (χ1) is 9.98. The van der Waals surface area contributed by atoms with Gasteiger partial charge in [-0.1, -0.05) is 12.8 Å². The Morgan fingerprint density at radius 2 is 2.05 bits per heavy atom. The van der Waals surface area contributed by atoms with E-state index in [1.54, 1.807) is 11.4 Å². The quantitative estimate of drug-likeness (QED) is 0.676. The molecule has 2 rings (SSSR count). The van der Waals surface area contributed by atoms with Crippen molar-refractivity contribution in [3.8, 4) is 6.07 Å². The minimum absolute atomic E-state index is 0.0348. The molecule has 0 aliphatic heterocycles. The molecule has 0 saturated heterocycles. The first-order valence-corrected chi connectivity index (χ1v) is 9.53. The maximum Gasteiger partial charge on any atom is 0.214 e. The van der Waals surface area contributed by atoms with Gasteiger partial charge in [0.25, 0.3) is 0 Å². The van der Waals surface area contributed by atoms with Gasteiger partial charge in [0.2, 0.25) is 10.0 Å². The van der Waals surface area contributed by atoms with Crippen molar-refractivity contribution in [3.63, 3.8) is 0 Å². The molecular weight excluding hydrogens is 288 g/mol. The summed E-state index contributed by atoms with van der Waals surface area (Å²) in [6, 6.07) is 2.08. The molecule has 5 nitrogen and oxygen atoms in total. The smallest absolute Gasteiger partial charge is 0.214 e. The summed E-state index contributed by atoms with van der Waals surface area (Å²) in [6.07, 6.45) is 6.21. The highest BCUT2D eigenvalue weighted by Crippen LogP contribution is 2.56. The average Bonchev–Trinajstić information content (AvgIpc) is 2.95. The fourth-order valence-corrected chi connectivity index (χ4v) is 5.51. The lowest BCUT2D eigenvalue weighted by Gasteiger charge is -2.56. The number of sulfonamides is 1. The summed E-state index contributed by atoms with van der Waals surface area (Å²) in [6.45, 7) is 2.69. The second kappa shape index (κ2) is 6.64. The van der Waals surface area contributed by atoms with Crippen molar-refractivity contribution in [1.82, 2.24) is 4.31 Å². The van der Waals surface area contributed by atoms with E-state index in [2.05, 4.69) is 0 Å². The fourth-order valence-electron chi connectivity index (χ4n) is 4.03. The molecule has 21 heavy (non-hydrogen) atoms. The van der Waals surface area contributed by atoms with Crippen LogP contribution in [0.25, 0.3) is 0 Å². The highest BCUT2D eigenvalue weighted by Gasteiger charge is 2.59. The summed E-state index contributed by atoms with van der Waals surface area (Å²) < 4.78 is 32.3. The minimum atomic E-state index is -3.27. The monoisotopic (exact) mass is 314 g/mol. The van der Waals surface area contributed by atoms with Crippen LogP contribution in [0.4, 0.5) is 0 Å². The Balaban J connectivity index is 2.05. The highest BCUT2D eigenvalue weighted by atomic mass is 32.2.